The first-order valence-electron chi connectivity index (χ1n) is 3.53. The van der Waals surface area contributed by atoms with E-state index >= 15 is 0 Å². The van der Waals surface area contributed by atoms with Gasteiger partial charge in [0.25, 0.3) is 0 Å². The van der Waals surface area contributed by atoms with Gasteiger partial charge in [-0.1, -0.05) is 12.1 Å². The summed E-state index contributed by atoms with van der Waals surface area (Å²) in [7, 11) is -2.91. The van der Waals surface area contributed by atoms with Crippen molar-refractivity contribution >= 4 is 22.0 Å². The summed E-state index contributed by atoms with van der Waals surface area (Å²) in [6.45, 7) is 0. The van der Waals surface area contributed by atoms with Crippen molar-refractivity contribution in [2.45, 2.75) is 0 Å². The predicted molar refractivity (Wildman–Crippen MR) is 48.1 cm³/mol. The average Bonchev–Trinajstić information content (AvgIpc) is 2.44. The Kier molecular flexibility index (Phi) is 1.90. The molecule has 0 spiro atoms. The number of H-pyrrole nitrogens is 1. The Balaban J connectivity index is 0.000000980. The first-order chi connectivity index (χ1) is 6.25. The molecule has 5 nitrogen and oxygen atoms in total. The van der Waals surface area contributed by atoms with Crippen molar-refractivity contribution in [3.05, 3.63) is 24.3 Å². The number of aromatic nitrogens is 2. The minimum Gasteiger partial charge on any atom is -0.347 e. The average molecular weight is 199 g/mol. The molecular formula is C7H7N2O3S+. The molecule has 2 aromatic rings. The van der Waals surface area contributed by atoms with Gasteiger partial charge in [-0.25, -0.2) is 0 Å². The molecule has 0 aliphatic rings. The van der Waals surface area contributed by atoms with Crippen LogP contribution in [0.25, 0.3) is 11.0 Å². The van der Waals surface area contributed by atoms with E-state index in [2.05, 4.69) is 14.2 Å². The summed E-state index contributed by atoms with van der Waals surface area (Å²) in [5.41, 5.74) is 1.42. The number of nitrogens with one attached hydrogen (secondary N) is 1. The van der Waals surface area contributed by atoms with Crippen LogP contribution in [0.3, 0.4) is 0 Å². The van der Waals surface area contributed by atoms with Crippen LogP contribution in [0.2, 0.25) is 0 Å². The van der Waals surface area contributed by atoms with E-state index in [4.69, 9.17) is 0 Å². The quantitative estimate of drug-likeness (QED) is 0.694. The smallest absolute Gasteiger partial charge is 0.347 e. The molecule has 0 saturated heterocycles. The highest BCUT2D eigenvalue weighted by Gasteiger charge is 2.02. The number of hydrogen-bond donors (Lipinski definition) is 2. The van der Waals surface area contributed by atoms with Gasteiger partial charge in [0.2, 0.25) is 0 Å². The third-order valence-corrected chi connectivity index (χ3v) is 1.85. The van der Waals surface area contributed by atoms with Crippen LogP contribution in [0.1, 0.15) is 1.43 Å². The van der Waals surface area contributed by atoms with Crippen LogP contribution < -0.4 is 4.18 Å². The van der Waals surface area contributed by atoms with Crippen LogP contribution in [-0.2, 0) is 11.0 Å². The largest absolute Gasteiger partial charge is 1.00 e. The number of rotatable bonds is 2. The number of nitrogens with zero attached hydrogens (tertiary/aromatic N) is 1. The molecule has 13 heavy (non-hydrogen) atoms. The summed E-state index contributed by atoms with van der Waals surface area (Å²) in [6.07, 6.45) is 0. The van der Waals surface area contributed by atoms with Crippen molar-refractivity contribution in [3.8, 4) is 6.01 Å². The number of hydrogen-bond acceptors (Lipinski definition) is 4. The van der Waals surface area contributed by atoms with Gasteiger partial charge < -0.3 is 9.17 Å². The first-order valence-corrected chi connectivity index (χ1v) is 4.62. The van der Waals surface area contributed by atoms with Crippen LogP contribution in [0, 0.1) is 0 Å². The molecule has 1 aromatic carbocycles. The van der Waals surface area contributed by atoms with E-state index in [9.17, 15) is 8.42 Å². The van der Waals surface area contributed by atoms with E-state index in [1.54, 1.807) is 12.1 Å². The van der Waals surface area contributed by atoms with Gasteiger partial charge in [-0.3, -0.25) is 0 Å². The summed E-state index contributed by atoms with van der Waals surface area (Å²) in [6, 6.07) is 7.17. The first kappa shape index (κ1) is 8.06. The van der Waals surface area contributed by atoms with Gasteiger partial charge in [0, 0.05) is 0 Å². The zero-order valence-corrected chi connectivity index (χ0v) is 7.32. The highest BCUT2D eigenvalue weighted by atomic mass is 32.2. The number of imidazole rings is 1. The zero-order valence-electron chi connectivity index (χ0n) is 7.43. The van der Waals surface area contributed by atoms with E-state index in [0.29, 0.717) is 5.52 Å². The van der Waals surface area contributed by atoms with E-state index in [-0.39, 0.29) is 7.44 Å². The molecule has 1 aromatic heterocycles. The fraction of sp³-hybridized carbons (Fsp3) is 0. The molecule has 0 saturated carbocycles. The van der Waals surface area contributed by atoms with Crippen LogP contribution in [-0.4, -0.2) is 18.4 Å². The van der Waals surface area contributed by atoms with Gasteiger partial charge in [0.1, 0.15) is 0 Å². The molecule has 0 bridgehead atoms. The molecule has 0 atom stereocenters. The van der Waals surface area contributed by atoms with Gasteiger partial charge in [-0.15, -0.1) is 0 Å². The van der Waals surface area contributed by atoms with Crippen LogP contribution in [0.4, 0.5) is 0 Å². The molecule has 0 unspecified atom stereocenters. The molecule has 0 aliphatic carbocycles. The number of thiol groups is 1. The van der Waals surface area contributed by atoms with Gasteiger partial charge >= 0.3 is 18.4 Å². The van der Waals surface area contributed by atoms with Gasteiger partial charge in [-0.05, 0) is 12.1 Å². The Morgan fingerprint density at radius 3 is 2.85 bits per heavy atom. The summed E-state index contributed by atoms with van der Waals surface area (Å²) < 4.78 is 24.8. The molecule has 6 heteroatoms. The SMILES string of the molecule is O=[SH](=O)Oc1nc2ccccc2[nH]1.[H+]. The summed E-state index contributed by atoms with van der Waals surface area (Å²) in [5, 5.41) is 0. The number of fused-ring (bicyclic) bond motifs is 1. The molecular weight excluding hydrogens is 192 g/mol. The molecule has 0 fully saturated rings. The van der Waals surface area contributed by atoms with E-state index in [0.717, 1.165) is 5.52 Å². The third-order valence-electron chi connectivity index (χ3n) is 1.53. The highest BCUT2D eigenvalue weighted by molar-refractivity contribution is 7.67. The standard InChI is InChI=1S/C7H6N2O3S/c10-13(11)12-7-8-5-3-1-2-4-6(5)9-7/h1-4,13H,(H,8,9)/p+1. The lowest BCUT2D eigenvalue weighted by Crippen LogP contribution is -1.90. The van der Waals surface area contributed by atoms with Crippen molar-refractivity contribution in [2.75, 3.05) is 0 Å². The Bertz CT molecular complexity index is 467. The van der Waals surface area contributed by atoms with Crippen molar-refractivity contribution in [2.24, 2.45) is 0 Å². The van der Waals surface area contributed by atoms with Crippen molar-refractivity contribution in [1.29, 1.82) is 0 Å². The summed E-state index contributed by atoms with van der Waals surface area (Å²) >= 11 is 0. The monoisotopic (exact) mass is 199 g/mol. The molecule has 1 heterocycles. The maximum Gasteiger partial charge on any atom is 1.00 e. The second kappa shape index (κ2) is 3.06. The minimum absolute atomic E-state index is 0. The highest BCUT2D eigenvalue weighted by Crippen LogP contribution is 2.14. The van der Waals surface area contributed by atoms with Gasteiger partial charge in [0.15, 0.2) is 0 Å². The van der Waals surface area contributed by atoms with Crippen molar-refractivity contribution in [3.63, 3.8) is 0 Å². The van der Waals surface area contributed by atoms with Crippen LogP contribution in [0.15, 0.2) is 24.3 Å². The van der Waals surface area contributed by atoms with E-state index in [1.807, 2.05) is 12.1 Å². The fourth-order valence-corrected chi connectivity index (χ4v) is 1.27. The Labute approximate surface area is 77.0 Å². The number of para-hydroxylation sites is 2. The molecule has 1 N–H and O–H groups in total. The lowest BCUT2D eigenvalue weighted by atomic mass is 10.3. The Morgan fingerprint density at radius 1 is 1.38 bits per heavy atom. The second-order valence-corrected chi connectivity index (χ2v) is 3.00. The predicted octanol–water partition coefficient (Wildman–Crippen LogP) is 0.581. The second-order valence-electron chi connectivity index (χ2n) is 2.37. The van der Waals surface area contributed by atoms with E-state index in [1.165, 1.54) is 0 Å². The summed E-state index contributed by atoms with van der Waals surface area (Å²) in [5.74, 6) is 0. The van der Waals surface area contributed by atoms with Gasteiger partial charge in [0.05, 0.1) is 11.0 Å². The number of benzene rings is 1. The Morgan fingerprint density at radius 2 is 2.15 bits per heavy atom. The van der Waals surface area contributed by atoms with Gasteiger partial charge in [-0.2, -0.15) is 13.4 Å². The Hall–Kier alpha value is -1.56. The minimum atomic E-state index is -2.91. The van der Waals surface area contributed by atoms with Crippen molar-refractivity contribution in [1.82, 2.24) is 9.97 Å². The van der Waals surface area contributed by atoms with Crippen molar-refractivity contribution < 1.29 is 14.0 Å². The fourth-order valence-electron chi connectivity index (χ4n) is 1.04. The topological polar surface area (TPSA) is 72.1 Å². The zero-order chi connectivity index (χ0) is 9.26. The van der Waals surface area contributed by atoms with Crippen LogP contribution in [0.5, 0.6) is 6.01 Å². The number of aromatic amines is 1. The van der Waals surface area contributed by atoms with Crippen LogP contribution >= 0.6 is 0 Å². The summed E-state index contributed by atoms with van der Waals surface area (Å²) in [4.78, 5) is 6.60. The molecule has 2 rings (SSSR count). The molecule has 0 radical (unpaired) electrons. The normalized spacial score (nSPS) is 10.8. The third kappa shape index (κ3) is 1.62. The molecule has 0 amide bonds. The maximum atomic E-state index is 10.2. The lowest BCUT2D eigenvalue weighted by Gasteiger charge is -1.86. The molecule has 0 aliphatic heterocycles. The lowest BCUT2D eigenvalue weighted by molar-refractivity contribution is 0.492. The molecule has 68 valence electrons. The maximum absolute atomic E-state index is 10.2. The van der Waals surface area contributed by atoms with E-state index < -0.39 is 11.0 Å².